The van der Waals surface area contributed by atoms with Crippen LogP contribution < -0.4 is 0 Å². The van der Waals surface area contributed by atoms with Gasteiger partial charge in [-0.1, -0.05) is 46.3 Å². The third-order valence-electron chi connectivity index (χ3n) is 2.70. The SMILES string of the molecule is C/C(=C\[C@H](C)[C@H](OC(=O)C(C)C)C(C)C)CO. The molecule has 0 aliphatic rings. The minimum Gasteiger partial charge on any atom is -0.461 e. The standard InChI is InChI=1S/C14H26O3/c1-9(2)13(17-14(16)10(3)4)12(6)7-11(5)8-15/h7,9-10,12-13,15H,8H2,1-6H3/b11-7+/t12-,13+/m0/s1. The molecule has 0 saturated heterocycles. The Balaban J connectivity index is 4.69. The second-order valence-electron chi connectivity index (χ2n) is 5.33. The number of carbonyl (C=O) groups excluding carboxylic acids is 1. The van der Waals surface area contributed by atoms with E-state index >= 15 is 0 Å². The molecule has 1 N–H and O–H groups in total. The molecule has 100 valence electrons. The zero-order valence-corrected chi connectivity index (χ0v) is 11.9. The van der Waals surface area contributed by atoms with Crippen molar-refractivity contribution < 1.29 is 14.6 Å². The van der Waals surface area contributed by atoms with Gasteiger partial charge in [-0.25, -0.2) is 0 Å². The van der Waals surface area contributed by atoms with E-state index in [9.17, 15) is 4.79 Å². The predicted octanol–water partition coefficient (Wildman–Crippen LogP) is 2.78. The number of esters is 1. The van der Waals surface area contributed by atoms with Crippen LogP contribution in [0.3, 0.4) is 0 Å². The normalized spacial score (nSPS) is 16.2. The van der Waals surface area contributed by atoms with Crippen LogP contribution in [0.15, 0.2) is 11.6 Å². The van der Waals surface area contributed by atoms with E-state index in [0.717, 1.165) is 5.57 Å². The Kier molecular flexibility index (Phi) is 7.12. The minimum absolute atomic E-state index is 0.0489. The molecule has 17 heavy (non-hydrogen) atoms. The quantitative estimate of drug-likeness (QED) is 0.575. The average molecular weight is 242 g/mol. The van der Waals surface area contributed by atoms with Crippen molar-refractivity contribution in [1.82, 2.24) is 0 Å². The molecule has 0 fully saturated rings. The number of rotatable bonds is 6. The van der Waals surface area contributed by atoms with E-state index in [2.05, 4.69) is 0 Å². The third-order valence-corrected chi connectivity index (χ3v) is 2.70. The number of ether oxygens (including phenoxy) is 1. The third kappa shape index (κ3) is 5.87. The smallest absolute Gasteiger partial charge is 0.308 e. The van der Waals surface area contributed by atoms with Crippen molar-refractivity contribution in [3.05, 3.63) is 11.6 Å². The molecular weight excluding hydrogens is 216 g/mol. The molecule has 3 heteroatoms. The van der Waals surface area contributed by atoms with Crippen LogP contribution in [-0.2, 0) is 9.53 Å². The Hall–Kier alpha value is -0.830. The Morgan fingerprint density at radius 3 is 2.12 bits per heavy atom. The maximum Gasteiger partial charge on any atom is 0.308 e. The van der Waals surface area contributed by atoms with Crippen LogP contribution in [0.5, 0.6) is 0 Å². The Morgan fingerprint density at radius 1 is 1.24 bits per heavy atom. The van der Waals surface area contributed by atoms with Crippen molar-refractivity contribution in [2.75, 3.05) is 6.61 Å². The summed E-state index contributed by atoms with van der Waals surface area (Å²) in [7, 11) is 0. The van der Waals surface area contributed by atoms with Gasteiger partial charge >= 0.3 is 5.97 Å². The zero-order chi connectivity index (χ0) is 13.6. The van der Waals surface area contributed by atoms with Crippen LogP contribution >= 0.6 is 0 Å². The summed E-state index contributed by atoms with van der Waals surface area (Å²) in [4.78, 5) is 11.6. The van der Waals surface area contributed by atoms with Crippen molar-refractivity contribution in [2.45, 2.75) is 47.6 Å². The number of hydrogen-bond donors (Lipinski definition) is 1. The maximum absolute atomic E-state index is 11.6. The molecule has 0 bridgehead atoms. The van der Waals surface area contributed by atoms with E-state index in [1.165, 1.54) is 0 Å². The molecule has 0 saturated carbocycles. The molecule has 0 amide bonds. The number of carbonyl (C=O) groups is 1. The van der Waals surface area contributed by atoms with Gasteiger partial charge in [-0.3, -0.25) is 4.79 Å². The largest absolute Gasteiger partial charge is 0.461 e. The van der Waals surface area contributed by atoms with E-state index < -0.39 is 0 Å². The van der Waals surface area contributed by atoms with Gasteiger partial charge in [-0.2, -0.15) is 0 Å². The van der Waals surface area contributed by atoms with Gasteiger partial charge in [0.1, 0.15) is 6.10 Å². The Morgan fingerprint density at radius 2 is 1.76 bits per heavy atom. The molecule has 2 atom stereocenters. The van der Waals surface area contributed by atoms with Gasteiger partial charge in [0, 0.05) is 5.92 Å². The highest BCUT2D eigenvalue weighted by molar-refractivity contribution is 5.71. The van der Waals surface area contributed by atoms with E-state index in [-0.39, 0.29) is 36.4 Å². The summed E-state index contributed by atoms with van der Waals surface area (Å²) in [5, 5.41) is 9.00. The van der Waals surface area contributed by atoms with Crippen molar-refractivity contribution >= 4 is 5.97 Å². The summed E-state index contributed by atoms with van der Waals surface area (Å²) in [5.41, 5.74) is 0.906. The molecule has 0 aliphatic carbocycles. The summed E-state index contributed by atoms with van der Waals surface area (Å²) in [5.74, 6) is 0.109. The predicted molar refractivity (Wildman–Crippen MR) is 69.6 cm³/mol. The molecule has 0 heterocycles. The number of hydrogen-bond acceptors (Lipinski definition) is 3. The first-order valence-corrected chi connectivity index (χ1v) is 6.28. The number of aliphatic hydroxyl groups is 1. The summed E-state index contributed by atoms with van der Waals surface area (Å²) in [6.45, 7) is 11.7. The zero-order valence-electron chi connectivity index (χ0n) is 11.9. The molecule has 0 aromatic rings. The van der Waals surface area contributed by atoms with Crippen molar-refractivity contribution in [2.24, 2.45) is 17.8 Å². The van der Waals surface area contributed by atoms with Gasteiger partial charge in [0.2, 0.25) is 0 Å². The van der Waals surface area contributed by atoms with Crippen LogP contribution in [-0.4, -0.2) is 23.8 Å². The monoisotopic (exact) mass is 242 g/mol. The van der Waals surface area contributed by atoms with Gasteiger partial charge in [-0.05, 0) is 12.8 Å². The Bertz CT molecular complexity index is 267. The minimum atomic E-state index is -0.161. The lowest BCUT2D eigenvalue weighted by atomic mass is 9.93. The first-order chi connectivity index (χ1) is 7.79. The fraction of sp³-hybridized carbons (Fsp3) is 0.786. The summed E-state index contributed by atoms with van der Waals surface area (Å²) in [6.07, 6.45) is 1.84. The maximum atomic E-state index is 11.6. The first-order valence-electron chi connectivity index (χ1n) is 6.28. The second kappa shape index (κ2) is 7.49. The molecule has 0 radical (unpaired) electrons. The lowest BCUT2D eigenvalue weighted by Crippen LogP contribution is -2.31. The summed E-state index contributed by atoms with van der Waals surface area (Å²) >= 11 is 0. The van der Waals surface area contributed by atoms with Crippen molar-refractivity contribution in [1.29, 1.82) is 0 Å². The lowest BCUT2D eigenvalue weighted by Gasteiger charge is -2.26. The van der Waals surface area contributed by atoms with Gasteiger partial charge < -0.3 is 9.84 Å². The highest BCUT2D eigenvalue weighted by Crippen LogP contribution is 2.20. The van der Waals surface area contributed by atoms with E-state index in [4.69, 9.17) is 9.84 Å². The van der Waals surface area contributed by atoms with Crippen LogP contribution in [0, 0.1) is 17.8 Å². The highest BCUT2D eigenvalue weighted by Gasteiger charge is 2.24. The molecule has 0 aromatic carbocycles. The molecular formula is C14H26O3. The van der Waals surface area contributed by atoms with Gasteiger partial charge in [0.25, 0.3) is 0 Å². The number of aliphatic hydroxyl groups excluding tert-OH is 1. The topological polar surface area (TPSA) is 46.5 Å². The highest BCUT2D eigenvalue weighted by atomic mass is 16.5. The molecule has 3 nitrogen and oxygen atoms in total. The van der Waals surface area contributed by atoms with Gasteiger partial charge in [0.15, 0.2) is 0 Å². The van der Waals surface area contributed by atoms with Crippen LogP contribution in [0.2, 0.25) is 0 Å². The van der Waals surface area contributed by atoms with Crippen LogP contribution in [0.1, 0.15) is 41.5 Å². The van der Waals surface area contributed by atoms with E-state index in [1.807, 2.05) is 47.6 Å². The summed E-state index contributed by atoms with van der Waals surface area (Å²) in [6, 6.07) is 0. The fourth-order valence-corrected chi connectivity index (χ4v) is 1.72. The van der Waals surface area contributed by atoms with Crippen molar-refractivity contribution in [3.8, 4) is 0 Å². The van der Waals surface area contributed by atoms with E-state index in [1.54, 1.807) is 0 Å². The van der Waals surface area contributed by atoms with Crippen molar-refractivity contribution in [3.63, 3.8) is 0 Å². The second-order valence-corrected chi connectivity index (χ2v) is 5.33. The van der Waals surface area contributed by atoms with Crippen LogP contribution in [0.25, 0.3) is 0 Å². The van der Waals surface area contributed by atoms with Gasteiger partial charge in [-0.15, -0.1) is 0 Å². The van der Waals surface area contributed by atoms with E-state index in [0.29, 0.717) is 0 Å². The molecule has 0 rings (SSSR count). The molecule has 0 aromatic heterocycles. The Labute approximate surface area is 105 Å². The van der Waals surface area contributed by atoms with Gasteiger partial charge in [0.05, 0.1) is 12.5 Å². The molecule has 0 unspecified atom stereocenters. The lowest BCUT2D eigenvalue weighted by molar-refractivity contribution is -0.157. The van der Waals surface area contributed by atoms with Crippen LogP contribution in [0.4, 0.5) is 0 Å². The average Bonchev–Trinajstić information content (AvgIpc) is 2.24. The first kappa shape index (κ1) is 16.2. The summed E-state index contributed by atoms with van der Waals surface area (Å²) < 4.78 is 5.52. The molecule has 0 aliphatic heterocycles. The fourth-order valence-electron chi connectivity index (χ4n) is 1.72. The molecule has 0 spiro atoms.